The number of rotatable bonds is 4. The lowest BCUT2D eigenvalue weighted by atomic mass is 9.86. The van der Waals surface area contributed by atoms with Crippen molar-refractivity contribution in [2.24, 2.45) is 5.73 Å². The Morgan fingerprint density at radius 3 is 2.56 bits per heavy atom. The molecule has 0 spiro atoms. The summed E-state index contributed by atoms with van der Waals surface area (Å²) in [6, 6.07) is 0. The van der Waals surface area contributed by atoms with Crippen molar-refractivity contribution in [1.82, 2.24) is 9.97 Å². The van der Waals surface area contributed by atoms with E-state index in [0.29, 0.717) is 5.92 Å². The van der Waals surface area contributed by atoms with Crippen LogP contribution in [0.2, 0.25) is 0 Å². The molecular formula is C15H27N3. The second kappa shape index (κ2) is 5.43. The molecule has 3 nitrogen and oxygen atoms in total. The first kappa shape index (κ1) is 13.6. The number of imidazole rings is 1. The van der Waals surface area contributed by atoms with Gasteiger partial charge in [-0.1, -0.05) is 19.3 Å². The zero-order valence-electron chi connectivity index (χ0n) is 12.1. The Hall–Kier alpha value is -0.830. The second-order valence-electron chi connectivity index (χ2n) is 6.52. The summed E-state index contributed by atoms with van der Waals surface area (Å²) in [7, 11) is 0. The van der Waals surface area contributed by atoms with Gasteiger partial charge in [-0.15, -0.1) is 0 Å². The maximum Gasteiger partial charge on any atom is 0.106 e. The fraction of sp³-hybridized carbons (Fsp3) is 0.800. The van der Waals surface area contributed by atoms with E-state index in [2.05, 4.69) is 25.8 Å². The summed E-state index contributed by atoms with van der Waals surface area (Å²) in [6.45, 7) is 6.31. The van der Waals surface area contributed by atoms with E-state index in [-0.39, 0.29) is 5.54 Å². The molecule has 0 radical (unpaired) electrons. The van der Waals surface area contributed by atoms with Gasteiger partial charge in [0, 0.05) is 23.6 Å². The number of nitrogens with one attached hydrogen (secondary N) is 1. The summed E-state index contributed by atoms with van der Waals surface area (Å²) in [5.74, 6) is 1.81. The van der Waals surface area contributed by atoms with Gasteiger partial charge in [0.2, 0.25) is 0 Å². The molecule has 0 amide bonds. The van der Waals surface area contributed by atoms with Crippen LogP contribution >= 0.6 is 0 Å². The van der Waals surface area contributed by atoms with Crippen LogP contribution in [0.25, 0.3) is 0 Å². The number of aromatic nitrogens is 2. The minimum Gasteiger partial charge on any atom is -0.346 e. The normalized spacial score (nSPS) is 18.2. The molecule has 0 saturated heterocycles. The van der Waals surface area contributed by atoms with Gasteiger partial charge in [0.05, 0.1) is 5.69 Å². The van der Waals surface area contributed by atoms with Crippen LogP contribution < -0.4 is 5.73 Å². The van der Waals surface area contributed by atoms with Crippen LogP contribution in [-0.4, -0.2) is 15.5 Å². The molecule has 0 aliphatic heterocycles. The van der Waals surface area contributed by atoms with Crippen LogP contribution in [0, 0.1) is 6.92 Å². The first-order valence-corrected chi connectivity index (χ1v) is 7.30. The number of H-pyrrole nitrogens is 1. The zero-order chi connectivity index (χ0) is 13.2. The maximum atomic E-state index is 6.03. The summed E-state index contributed by atoms with van der Waals surface area (Å²) in [4.78, 5) is 8.27. The maximum absolute atomic E-state index is 6.03. The highest BCUT2D eigenvalue weighted by Crippen LogP contribution is 2.33. The minimum absolute atomic E-state index is 0.105. The molecule has 1 aliphatic rings. The van der Waals surface area contributed by atoms with Crippen LogP contribution in [-0.2, 0) is 6.42 Å². The monoisotopic (exact) mass is 249 g/mol. The van der Waals surface area contributed by atoms with Crippen molar-refractivity contribution in [3.8, 4) is 0 Å². The van der Waals surface area contributed by atoms with E-state index in [1.165, 1.54) is 43.5 Å². The Bertz CT molecular complexity index is 381. The summed E-state index contributed by atoms with van der Waals surface area (Å²) in [5.41, 5.74) is 8.51. The van der Waals surface area contributed by atoms with E-state index in [0.717, 1.165) is 18.7 Å². The molecule has 0 aromatic carbocycles. The molecule has 2 rings (SSSR count). The number of aromatic amines is 1. The third-order valence-corrected chi connectivity index (χ3v) is 3.97. The number of nitrogens with zero attached hydrogens (tertiary/aromatic N) is 1. The summed E-state index contributed by atoms with van der Waals surface area (Å²) < 4.78 is 0. The molecule has 1 aliphatic carbocycles. The Labute approximate surface area is 111 Å². The van der Waals surface area contributed by atoms with Gasteiger partial charge >= 0.3 is 0 Å². The molecule has 1 saturated carbocycles. The van der Waals surface area contributed by atoms with E-state index in [9.17, 15) is 0 Å². The largest absolute Gasteiger partial charge is 0.346 e. The van der Waals surface area contributed by atoms with Crippen LogP contribution in [0.3, 0.4) is 0 Å². The topological polar surface area (TPSA) is 54.7 Å². The van der Waals surface area contributed by atoms with Gasteiger partial charge in [-0.05, 0) is 40.0 Å². The molecule has 18 heavy (non-hydrogen) atoms. The first-order chi connectivity index (χ1) is 8.46. The van der Waals surface area contributed by atoms with Crippen LogP contribution in [0.5, 0.6) is 0 Å². The smallest absolute Gasteiger partial charge is 0.106 e. The fourth-order valence-corrected chi connectivity index (χ4v) is 2.87. The lowest BCUT2D eigenvalue weighted by Gasteiger charge is -2.20. The summed E-state index contributed by atoms with van der Waals surface area (Å²) >= 11 is 0. The average molecular weight is 249 g/mol. The molecule has 1 aromatic rings. The second-order valence-corrected chi connectivity index (χ2v) is 6.52. The van der Waals surface area contributed by atoms with Gasteiger partial charge in [0.1, 0.15) is 5.82 Å². The average Bonchev–Trinajstić information content (AvgIpc) is 2.68. The van der Waals surface area contributed by atoms with Gasteiger partial charge in [-0.2, -0.15) is 0 Å². The highest BCUT2D eigenvalue weighted by molar-refractivity contribution is 5.18. The van der Waals surface area contributed by atoms with Gasteiger partial charge in [0.25, 0.3) is 0 Å². The lowest BCUT2D eigenvalue weighted by molar-refractivity contribution is 0.435. The highest BCUT2D eigenvalue weighted by Gasteiger charge is 2.21. The fourth-order valence-electron chi connectivity index (χ4n) is 2.87. The molecule has 1 fully saturated rings. The molecule has 3 heteroatoms. The van der Waals surface area contributed by atoms with Crippen LogP contribution in [0.4, 0.5) is 0 Å². The molecule has 0 atom stereocenters. The Kier molecular flexibility index (Phi) is 4.10. The molecule has 3 N–H and O–H groups in total. The van der Waals surface area contributed by atoms with Crippen molar-refractivity contribution in [1.29, 1.82) is 0 Å². The third kappa shape index (κ3) is 3.58. The summed E-state index contributed by atoms with van der Waals surface area (Å²) in [5, 5.41) is 0. The number of nitrogens with two attached hydrogens (primary N) is 1. The van der Waals surface area contributed by atoms with Crippen molar-refractivity contribution < 1.29 is 0 Å². The Morgan fingerprint density at radius 2 is 1.94 bits per heavy atom. The lowest BCUT2D eigenvalue weighted by Crippen LogP contribution is -2.32. The van der Waals surface area contributed by atoms with Gasteiger partial charge in [-0.25, -0.2) is 4.98 Å². The van der Waals surface area contributed by atoms with Crippen molar-refractivity contribution >= 4 is 0 Å². The van der Waals surface area contributed by atoms with Crippen molar-refractivity contribution in [3.63, 3.8) is 0 Å². The van der Waals surface area contributed by atoms with Gasteiger partial charge < -0.3 is 10.7 Å². The van der Waals surface area contributed by atoms with Gasteiger partial charge in [0.15, 0.2) is 0 Å². The SMILES string of the molecule is Cc1[nH]c(CCC(C)(C)N)nc1C1CCCCC1. The van der Waals surface area contributed by atoms with Crippen molar-refractivity contribution in [3.05, 3.63) is 17.2 Å². The van der Waals surface area contributed by atoms with Crippen LogP contribution in [0.1, 0.15) is 75.5 Å². The standard InChI is InChI=1S/C15H27N3/c1-11-14(12-7-5-4-6-8-12)18-13(17-11)9-10-15(2,3)16/h12H,4-10,16H2,1-3H3,(H,17,18). The van der Waals surface area contributed by atoms with E-state index >= 15 is 0 Å². The van der Waals surface area contributed by atoms with E-state index < -0.39 is 0 Å². The number of hydrogen-bond acceptors (Lipinski definition) is 2. The van der Waals surface area contributed by atoms with E-state index in [1.54, 1.807) is 0 Å². The molecule has 1 aromatic heterocycles. The predicted molar refractivity (Wildman–Crippen MR) is 75.7 cm³/mol. The Morgan fingerprint density at radius 1 is 1.28 bits per heavy atom. The van der Waals surface area contributed by atoms with Crippen molar-refractivity contribution in [2.45, 2.75) is 77.2 Å². The molecule has 1 heterocycles. The molecule has 102 valence electrons. The molecule has 0 unspecified atom stereocenters. The van der Waals surface area contributed by atoms with Crippen LogP contribution in [0.15, 0.2) is 0 Å². The molecular weight excluding hydrogens is 222 g/mol. The van der Waals surface area contributed by atoms with Crippen molar-refractivity contribution in [2.75, 3.05) is 0 Å². The van der Waals surface area contributed by atoms with Gasteiger partial charge in [-0.3, -0.25) is 0 Å². The Balaban J connectivity index is 2.02. The number of hydrogen-bond donors (Lipinski definition) is 2. The number of aryl methyl sites for hydroxylation is 2. The predicted octanol–water partition coefficient (Wildman–Crippen LogP) is 3.44. The zero-order valence-corrected chi connectivity index (χ0v) is 12.1. The summed E-state index contributed by atoms with van der Waals surface area (Å²) in [6.07, 6.45) is 8.68. The highest BCUT2D eigenvalue weighted by atomic mass is 14.9. The minimum atomic E-state index is -0.105. The first-order valence-electron chi connectivity index (χ1n) is 7.30. The third-order valence-electron chi connectivity index (χ3n) is 3.97. The quantitative estimate of drug-likeness (QED) is 0.859. The van der Waals surface area contributed by atoms with E-state index in [4.69, 9.17) is 10.7 Å². The molecule has 0 bridgehead atoms. The van der Waals surface area contributed by atoms with E-state index in [1.807, 2.05) is 0 Å².